The first-order valence-electron chi connectivity index (χ1n) is 7.36. The summed E-state index contributed by atoms with van der Waals surface area (Å²) in [6.07, 6.45) is 1.78. The minimum atomic E-state index is -0.188. The van der Waals surface area contributed by atoms with Gasteiger partial charge in [0.05, 0.1) is 24.8 Å². The van der Waals surface area contributed by atoms with Crippen molar-refractivity contribution in [3.8, 4) is 11.5 Å². The Morgan fingerprint density at radius 3 is 2.48 bits per heavy atom. The average Bonchev–Trinajstić information content (AvgIpc) is 2.96. The molecular formula is C18H15ClN2O3S. The van der Waals surface area contributed by atoms with Crippen molar-refractivity contribution in [1.82, 2.24) is 5.32 Å². The van der Waals surface area contributed by atoms with Crippen LogP contribution < -0.4 is 14.8 Å². The molecule has 1 aliphatic heterocycles. The predicted octanol–water partition coefficient (Wildman–Crippen LogP) is 4.25. The minimum Gasteiger partial charge on any atom is -0.493 e. The summed E-state index contributed by atoms with van der Waals surface area (Å²) in [5.41, 5.74) is 1.56. The van der Waals surface area contributed by atoms with Gasteiger partial charge in [-0.3, -0.25) is 4.79 Å². The standard InChI is InChI=1S/C18H15ClN2O3S/c1-23-14-8-3-11(9-15(14)24-2)10-16-17(22)21-18(25-16)20-13-6-4-12(19)5-7-13/h3-10H,1-2H3,(H,20,21,22)/b16-10+. The molecule has 0 saturated carbocycles. The zero-order valence-electron chi connectivity index (χ0n) is 13.6. The fourth-order valence-electron chi connectivity index (χ4n) is 2.21. The third-order valence-electron chi connectivity index (χ3n) is 3.41. The quantitative estimate of drug-likeness (QED) is 0.813. The number of rotatable bonds is 4. The summed E-state index contributed by atoms with van der Waals surface area (Å²) < 4.78 is 10.5. The Labute approximate surface area is 154 Å². The summed E-state index contributed by atoms with van der Waals surface area (Å²) >= 11 is 7.14. The fraction of sp³-hybridized carbons (Fsp3) is 0.111. The molecule has 2 aromatic rings. The van der Waals surface area contributed by atoms with Crippen molar-refractivity contribution in [1.29, 1.82) is 0 Å². The van der Waals surface area contributed by atoms with Crippen molar-refractivity contribution in [2.75, 3.05) is 14.2 Å². The van der Waals surface area contributed by atoms with Crippen LogP contribution in [-0.4, -0.2) is 25.3 Å². The molecule has 1 fully saturated rings. The Hall–Kier alpha value is -2.44. The Kier molecular flexibility index (Phi) is 5.31. The van der Waals surface area contributed by atoms with Gasteiger partial charge in [-0.2, -0.15) is 0 Å². The van der Waals surface area contributed by atoms with Gasteiger partial charge in [-0.05, 0) is 59.8 Å². The second-order valence-electron chi connectivity index (χ2n) is 5.07. The molecule has 5 nitrogen and oxygen atoms in total. The van der Waals surface area contributed by atoms with E-state index >= 15 is 0 Å². The SMILES string of the molecule is COc1ccc(/C=C2/SC(=Nc3ccc(Cl)cc3)NC2=O)cc1OC. The maximum absolute atomic E-state index is 12.2. The van der Waals surface area contributed by atoms with Gasteiger partial charge in [-0.15, -0.1) is 0 Å². The van der Waals surface area contributed by atoms with Crippen LogP contribution in [0.3, 0.4) is 0 Å². The van der Waals surface area contributed by atoms with E-state index in [-0.39, 0.29) is 5.91 Å². The van der Waals surface area contributed by atoms with Gasteiger partial charge in [0.1, 0.15) is 0 Å². The maximum atomic E-state index is 12.2. The highest BCUT2D eigenvalue weighted by Crippen LogP contribution is 2.32. The van der Waals surface area contributed by atoms with Crippen LogP contribution in [0.25, 0.3) is 6.08 Å². The number of amidine groups is 1. The zero-order chi connectivity index (χ0) is 17.8. The van der Waals surface area contributed by atoms with E-state index in [4.69, 9.17) is 21.1 Å². The summed E-state index contributed by atoms with van der Waals surface area (Å²) in [5.74, 6) is 1.06. The molecule has 7 heteroatoms. The molecule has 0 bridgehead atoms. The molecule has 1 heterocycles. The van der Waals surface area contributed by atoms with Gasteiger partial charge in [-0.1, -0.05) is 17.7 Å². The van der Waals surface area contributed by atoms with Crippen LogP contribution in [0.4, 0.5) is 5.69 Å². The van der Waals surface area contributed by atoms with Gasteiger partial charge < -0.3 is 14.8 Å². The number of aliphatic imine (C=N–C) groups is 1. The number of hydrogen-bond donors (Lipinski definition) is 1. The number of carbonyl (C=O) groups is 1. The lowest BCUT2D eigenvalue weighted by atomic mass is 10.2. The first kappa shape index (κ1) is 17.4. The number of nitrogens with one attached hydrogen (secondary N) is 1. The van der Waals surface area contributed by atoms with Crippen molar-refractivity contribution in [2.24, 2.45) is 4.99 Å². The molecule has 128 valence electrons. The van der Waals surface area contributed by atoms with Crippen LogP contribution in [0.1, 0.15) is 5.56 Å². The number of benzene rings is 2. The van der Waals surface area contributed by atoms with Crippen LogP contribution in [0.2, 0.25) is 5.02 Å². The van der Waals surface area contributed by atoms with Crippen LogP contribution in [0, 0.1) is 0 Å². The van der Waals surface area contributed by atoms with E-state index in [2.05, 4.69) is 10.3 Å². The van der Waals surface area contributed by atoms with Crippen LogP contribution in [-0.2, 0) is 4.79 Å². The van der Waals surface area contributed by atoms with E-state index in [0.29, 0.717) is 26.6 Å². The topological polar surface area (TPSA) is 59.9 Å². The largest absolute Gasteiger partial charge is 0.493 e. The second-order valence-corrected chi connectivity index (χ2v) is 6.54. The molecule has 1 N–H and O–H groups in total. The third kappa shape index (κ3) is 4.15. The Balaban J connectivity index is 1.83. The fourth-order valence-corrected chi connectivity index (χ4v) is 3.18. The number of nitrogens with zero attached hydrogens (tertiary/aromatic N) is 1. The first-order valence-corrected chi connectivity index (χ1v) is 8.55. The summed E-state index contributed by atoms with van der Waals surface area (Å²) in [6, 6.07) is 12.6. The van der Waals surface area contributed by atoms with Gasteiger partial charge >= 0.3 is 0 Å². The molecule has 1 aliphatic rings. The monoisotopic (exact) mass is 374 g/mol. The van der Waals surface area contributed by atoms with Gasteiger partial charge in [0, 0.05) is 5.02 Å². The highest BCUT2D eigenvalue weighted by atomic mass is 35.5. The van der Waals surface area contributed by atoms with Crippen molar-refractivity contribution in [3.63, 3.8) is 0 Å². The molecule has 0 atom stereocenters. The van der Waals surface area contributed by atoms with Crippen molar-refractivity contribution < 1.29 is 14.3 Å². The second kappa shape index (κ2) is 7.63. The Morgan fingerprint density at radius 1 is 1.08 bits per heavy atom. The number of thioether (sulfide) groups is 1. The smallest absolute Gasteiger partial charge is 0.264 e. The predicted molar refractivity (Wildman–Crippen MR) is 102 cm³/mol. The third-order valence-corrected chi connectivity index (χ3v) is 4.58. The van der Waals surface area contributed by atoms with E-state index in [1.807, 2.05) is 12.1 Å². The van der Waals surface area contributed by atoms with Crippen LogP contribution >= 0.6 is 23.4 Å². The molecule has 0 aromatic heterocycles. The highest BCUT2D eigenvalue weighted by molar-refractivity contribution is 8.18. The van der Waals surface area contributed by atoms with E-state index in [9.17, 15) is 4.79 Å². The molecular weight excluding hydrogens is 360 g/mol. The normalized spacial score (nSPS) is 17.0. The molecule has 0 radical (unpaired) electrons. The van der Waals surface area contributed by atoms with Crippen LogP contribution in [0.15, 0.2) is 52.4 Å². The summed E-state index contributed by atoms with van der Waals surface area (Å²) in [6.45, 7) is 0. The van der Waals surface area contributed by atoms with Crippen molar-refractivity contribution >= 4 is 46.2 Å². The summed E-state index contributed by atoms with van der Waals surface area (Å²) in [7, 11) is 3.15. The van der Waals surface area contributed by atoms with Gasteiger partial charge in [0.15, 0.2) is 16.7 Å². The lowest BCUT2D eigenvalue weighted by Gasteiger charge is -2.07. The number of hydrogen-bond acceptors (Lipinski definition) is 5. The number of amides is 1. The van der Waals surface area contributed by atoms with Gasteiger partial charge in [0.2, 0.25) is 0 Å². The lowest BCUT2D eigenvalue weighted by molar-refractivity contribution is -0.115. The first-order chi connectivity index (χ1) is 12.1. The van der Waals surface area contributed by atoms with E-state index in [0.717, 1.165) is 11.3 Å². The Bertz CT molecular complexity index is 863. The number of ether oxygens (including phenoxy) is 2. The van der Waals surface area contributed by atoms with E-state index < -0.39 is 0 Å². The van der Waals surface area contributed by atoms with Gasteiger partial charge in [-0.25, -0.2) is 4.99 Å². The minimum absolute atomic E-state index is 0.188. The molecule has 2 aromatic carbocycles. The van der Waals surface area contributed by atoms with Gasteiger partial charge in [0.25, 0.3) is 5.91 Å². The summed E-state index contributed by atoms with van der Waals surface area (Å²) in [5, 5.41) is 3.92. The molecule has 25 heavy (non-hydrogen) atoms. The summed E-state index contributed by atoms with van der Waals surface area (Å²) in [4.78, 5) is 17.1. The molecule has 3 rings (SSSR count). The zero-order valence-corrected chi connectivity index (χ0v) is 15.1. The average molecular weight is 375 g/mol. The number of halogens is 1. The highest BCUT2D eigenvalue weighted by Gasteiger charge is 2.23. The van der Waals surface area contributed by atoms with Crippen molar-refractivity contribution in [3.05, 3.63) is 58.0 Å². The lowest BCUT2D eigenvalue weighted by Crippen LogP contribution is -2.19. The maximum Gasteiger partial charge on any atom is 0.264 e. The van der Waals surface area contributed by atoms with Crippen molar-refractivity contribution in [2.45, 2.75) is 0 Å². The molecule has 0 spiro atoms. The molecule has 1 amide bonds. The van der Waals surface area contributed by atoms with E-state index in [1.165, 1.54) is 11.8 Å². The van der Waals surface area contributed by atoms with Crippen LogP contribution in [0.5, 0.6) is 11.5 Å². The molecule has 0 unspecified atom stereocenters. The Morgan fingerprint density at radius 2 is 1.80 bits per heavy atom. The van der Waals surface area contributed by atoms with E-state index in [1.54, 1.807) is 50.6 Å². The number of carbonyl (C=O) groups excluding carboxylic acids is 1. The molecule has 0 aliphatic carbocycles. The number of methoxy groups -OCH3 is 2. The molecule has 1 saturated heterocycles.